The molecule has 0 atom stereocenters. The Balaban J connectivity index is 2.36. The SMILES string of the molecule is CCOc1cc(N)cc(Oc2c(C)cc(C#N)cc2C)c1. The average molecular weight is 282 g/mol. The highest BCUT2D eigenvalue weighted by Gasteiger charge is 2.09. The number of anilines is 1. The molecule has 0 fully saturated rings. The molecule has 4 heteroatoms. The Labute approximate surface area is 124 Å². The smallest absolute Gasteiger partial charge is 0.133 e. The van der Waals surface area contributed by atoms with Gasteiger partial charge in [0.15, 0.2) is 0 Å². The Kier molecular flexibility index (Phi) is 4.34. The first-order valence-electron chi connectivity index (χ1n) is 6.76. The molecular formula is C17H18N2O2. The van der Waals surface area contributed by atoms with Crippen LogP contribution >= 0.6 is 0 Å². The minimum absolute atomic E-state index is 0.567. The van der Waals surface area contributed by atoms with Crippen LogP contribution in [-0.4, -0.2) is 6.61 Å². The second kappa shape index (κ2) is 6.19. The van der Waals surface area contributed by atoms with Gasteiger partial charge in [0.25, 0.3) is 0 Å². The van der Waals surface area contributed by atoms with E-state index in [0.717, 1.165) is 16.9 Å². The maximum atomic E-state index is 8.98. The van der Waals surface area contributed by atoms with E-state index in [-0.39, 0.29) is 0 Å². The normalized spacial score (nSPS) is 10.0. The zero-order chi connectivity index (χ0) is 15.4. The fraction of sp³-hybridized carbons (Fsp3) is 0.235. The minimum Gasteiger partial charge on any atom is -0.494 e. The second-order valence-corrected chi connectivity index (χ2v) is 4.82. The lowest BCUT2D eigenvalue weighted by Crippen LogP contribution is -1.96. The maximum absolute atomic E-state index is 8.98. The van der Waals surface area contributed by atoms with Gasteiger partial charge in [0.2, 0.25) is 0 Å². The lowest BCUT2D eigenvalue weighted by atomic mass is 10.1. The van der Waals surface area contributed by atoms with Crippen molar-refractivity contribution in [1.82, 2.24) is 0 Å². The van der Waals surface area contributed by atoms with Crippen LogP contribution in [0.2, 0.25) is 0 Å². The number of ether oxygens (including phenoxy) is 2. The van der Waals surface area contributed by atoms with Crippen molar-refractivity contribution in [3.8, 4) is 23.3 Å². The molecule has 0 aliphatic rings. The fourth-order valence-electron chi connectivity index (χ4n) is 2.20. The molecule has 0 bridgehead atoms. The third kappa shape index (κ3) is 3.46. The molecule has 108 valence electrons. The number of nitrogens with zero attached hydrogens (tertiary/aromatic N) is 1. The van der Waals surface area contributed by atoms with Crippen LogP contribution in [0.3, 0.4) is 0 Å². The summed E-state index contributed by atoms with van der Waals surface area (Å²) in [7, 11) is 0. The molecule has 0 heterocycles. The molecule has 0 unspecified atom stereocenters. The van der Waals surface area contributed by atoms with Crippen molar-refractivity contribution < 1.29 is 9.47 Å². The van der Waals surface area contributed by atoms with Crippen LogP contribution in [0.25, 0.3) is 0 Å². The number of benzene rings is 2. The zero-order valence-electron chi connectivity index (χ0n) is 12.4. The van der Waals surface area contributed by atoms with Gasteiger partial charge in [0.1, 0.15) is 17.2 Å². The largest absolute Gasteiger partial charge is 0.494 e. The number of nitrogens with two attached hydrogens (primary N) is 1. The first-order chi connectivity index (χ1) is 10.0. The summed E-state index contributed by atoms with van der Waals surface area (Å²) in [4.78, 5) is 0. The Morgan fingerprint density at radius 2 is 1.67 bits per heavy atom. The van der Waals surface area contributed by atoms with Crippen molar-refractivity contribution in [2.24, 2.45) is 0 Å². The molecule has 0 aromatic heterocycles. The summed E-state index contributed by atoms with van der Waals surface area (Å²) < 4.78 is 11.4. The Morgan fingerprint density at radius 1 is 1.05 bits per heavy atom. The standard InChI is InChI=1S/C17H18N2O2/c1-4-20-15-7-14(19)8-16(9-15)21-17-11(2)5-13(10-18)6-12(17)3/h5-9H,4,19H2,1-3H3. The van der Waals surface area contributed by atoms with Crippen molar-refractivity contribution in [3.05, 3.63) is 47.0 Å². The Morgan fingerprint density at radius 3 is 2.24 bits per heavy atom. The molecule has 0 spiro atoms. The highest BCUT2D eigenvalue weighted by molar-refractivity contribution is 5.54. The molecule has 2 aromatic rings. The van der Waals surface area contributed by atoms with Gasteiger partial charge in [0, 0.05) is 23.9 Å². The zero-order valence-corrected chi connectivity index (χ0v) is 12.4. The van der Waals surface area contributed by atoms with Crippen LogP contribution in [0.4, 0.5) is 5.69 Å². The topological polar surface area (TPSA) is 68.3 Å². The fourth-order valence-corrected chi connectivity index (χ4v) is 2.20. The number of rotatable bonds is 4. The van der Waals surface area contributed by atoms with Crippen LogP contribution in [0.15, 0.2) is 30.3 Å². The van der Waals surface area contributed by atoms with E-state index in [9.17, 15) is 0 Å². The van der Waals surface area contributed by atoms with Gasteiger partial charge in [-0.05, 0) is 44.0 Å². The average Bonchev–Trinajstić information content (AvgIpc) is 2.42. The molecule has 4 nitrogen and oxygen atoms in total. The molecule has 0 aliphatic carbocycles. The van der Waals surface area contributed by atoms with Gasteiger partial charge in [-0.25, -0.2) is 0 Å². The van der Waals surface area contributed by atoms with E-state index < -0.39 is 0 Å². The monoisotopic (exact) mass is 282 g/mol. The van der Waals surface area contributed by atoms with E-state index in [1.807, 2.05) is 20.8 Å². The van der Waals surface area contributed by atoms with Gasteiger partial charge in [-0.3, -0.25) is 0 Å². The van der Waals surface area contributed by atoms with Crippen molar-refractivity contribution in [2.75, 3.05) is 12.3 Å². The van der Waals surface area contributed by atoms with E-state index in [1.54, 1.807) is 30.3 Å². The molecule has 0 aliphatic heterocycles. The van der Waals surface area contributed by atoms with Gasteiger partial charge in [-0.2, -0.15) is 5.26 Å². The van der Waals surface area contributed by atoms with Gasteiger partial charge in [-0.1, -0.05) is 0 Å². The predicted octanol–water partition coefficient (Wildman–Crippen LogP) is 3.95. The Bertz CT molecular complexity index is 679. The highest BCUT2D eigenvalue weighted by atomic mass is 16.5. The molecule has 0 amide bonds. The molecule has 0 saturated heterocycles. The summed E-state index contributed by atoms with van der Waals surface area (Å²) in [6.45, 7) is 6.31. The molecule has 2 rings (SSSR count). The number of hydrogen-bond acceptors (Lipinski definition) is 4. The van der Waals surface area contributed by atoms with E-state index in [0.29, 0.717) is 29.4 Å². The van der Waals surface area contributed by atoms with Gasteiger partial charge >= 0.3 is 0 Å². The minimum atomic E-state index is 0.567. The lowest BCUT2D eigenvalue weighted by Gasteiger charge is -2.14. The highest BCUT2D eigenvalue weighted by Crippen LogP contribution is 2.33. The third-order valence-electron chi connectivity index (χ3n) is 3.02. The van der Waals surface area contributed by atoms with Crippen LogP contribution in [-0.2, 0) is 0 Å². The number of aryl methyl sites for hydroxylation is 2. The lowest BCUT2D eigenvalue weighted by molar-refractivity contribution is 0.338. The molecule has 2 N–H and O–H groups in total. The number of hydrogen-bond donors (Lipinski definition) is 1. The van der Waals surface area contributed by atoms with E-state index >= 15 is 0 Å². The van der Waals surface area contributed by atoms with Gasteiger partial charge in [0.05, 0.1) is 18.2 Å². The van der Waals surface area contributed by atoms with Crippen molar-refractivity contribution >= 4 is 5.69 Å². The number of nitriles is 1. The molecule has 21 heavy (non-hydrogen) atoms. The van der Waals surface area contributed by atoms with Crippen molar-refractivity contribution in [3.63, 3.8) is 0 Å². The van der Waals surface area contributed by atoms with Gasteiger partial charge in [-0.15, -0.1) is 0 Å². The summed E-state index contributed by atoms with van der Waals surface area (Å²) in [5.74, 6) is 2.04. The summed E-state index contributed by atoms with van der Waals surface area (Å²) in [5.41, 5.74) is 8.89. The Hall–Kier alpha value is -2.67. The van der Waals surface area contributed by atoms with E-state index in [4.69, 9.17) is 20.5 Å². The summed E-state index contributed by atoms with van der Waals surface area (Å²) >= 11 is 0. The van der Waals surface area contributed by atoms with Crippen molar-refractivity contribution in [2.45, 2.75) is 20.8 Å². The maximum Gasteiger partial charge on any atom is 0.133 e. The summed E-state index contributed by atoms with van der Waals surface area (Å²) in [6, 6.07) is 11.1. The van der Waals surface area contributed by atoms with Crippen LogP contribution in [0.5, 0.6) is 17.2 Å². The van der Waals surface area contributed by atoms with Crippen LogP contribution in [0, 0.1) is 25.2 Å². The van der Waals surface area contributed by atoms with E-state index in [1.165, 1.54) is 0 Å². The summed E-state index contributed by atoms with van der Waals surface area (Å²) in [6.07, 6.45) is 0. The predicted molar refractivity (Wildman–Crippen MR) is 82.7 cm³/mol. The third-order valence-corrected chi connectivity index (χ3v) is 3.02. The van der Waals surface area contributed by atoms with Crippen LogP contribution in [0.1, 0.15) is 23.6 Å². The first kappa shape index (κ1) is 14.7. The quantitative estimate of drug-likeness (QED) is 0.862. The molecule has 0 radical (unpaired) electrons. The first-order valence-corrected chi connectivity index (χ1v) is 6.76. The second-order valence-electron chi connectivity index (χ2n) is 4.82. The number of nitrogen functional groups attached to an aromatic ring is 1. The molecule has 0 saturated carbocycles. The van der Waals surface area contributed by atoms with Crippen LogP contribution < -0.4 is 15.2 Å². The summed E-state index contributed by atoms with van der Waals surface area (Å²) in [5, 5.41) is 8.98. The van der Waals surface area contributed by atoms with Crippen molar-refractivity contribution in [1.29, 1.82) is 5.26 Å². The molecule has 2 aromatic carbocycles. The van der Waals surface area contributed by atoms with E-state index in [2.05, 4.69) is 6.07 Å². The molecular weight excluding hydrogens is 264 g/mol. The van der Waals surface area contributed by atoms with Gasteiger partial charge < -0.3 is 15.2 Å².